The summed E-state index contributed by atoms with van der Waals surface area (Å²) in [6.45, 7) is 0.603. The molecule has 1 unspecified atom stereocenters. The van der Waals surface area contributed by atoms with Gasteiger partial charge in [0.2, 0.25) is 35.4 Å². The minimum absolute atomic E-state index is 0.0209. The topological polar surface area (TPSA) is 381 Å². The van der Waals surface area contributed by atoms with Gasteiger partial charge in [-0.1, -0.05) is 37.3 Å². The van der Waals surface area contributed by atoms with E-state index in [0.717, 1.165) is 22.1 Å². The molecular weight excluding hydrogens is 1050 g/mol. The Kier molecular flexibility index (Phi) is 18.7. The van der Waals surface area contributed by atoms with Gasteiger partial charge in [0.25, 0.3) is 5.56 Å². The second-order valence-electron chi connectivity index (χ2n) is 20.3. The molecule has 1 aliphatic carbocycles. The van der Waals surface area contributed by atoms with Crippen LogP contribution in [0.3, 0.4) is 0 Å². The Labute approximate surface area is 457 Å². The van der Waals surface area contributed by atoms with Crippen molar-refractivity contribution in [2.75, 3.05) is 46.1 Å². The maximum atomic E-state index is 15.4. The number of hydrogen-bond acceptors (Lipinski definition) is 18. The maximum absolute atomic E-state index is 15.4. The molecular formula is C54H66FN9O16. The number of rotatable bonds is 23. The Morgan fingerprint density at radius 1 is 0.887 bits per heavy atom. The van der Waals surface area contributed by atoms with E-state index in [-0.39, 0.29) is 75.8 Å². The predicted molar refractivity (Wildman–Crippen MR) is 279 cm³/mol. The van der Waals surface area contributed by atoms with Crippen molar-refractivity contribution in [3.05, 3.63) is 97.6 Å². The summed E-state index contributed by atoms with van der Waals surface area (Å²) in [7, 11) is 0. The van der Waals surface area contributed by atoms with Gasteiger partial charge >= 0.3 is 5.97 Å². The number of nitrogens with two attached hydrogens (primary N) is 1. The largest absolute Gasteiger partial charge is 0.458 e. The van der Waals surface area contributed by atoms with E-state index in [2.05, 4.69) is 31.9 Å². The molecule has 26 heteroatoms. The summed E-state index contributed by atoms with van der Waals surface area (Å²) >= 11 is 0. The van der Waals surface area contributed by atoms with Gasteiger partial charge in [-0.25, -0.2) is 14.2 Å². The first-order valence-electron chi connectivity index (χ1n) is 26.4. The highest BCUT2D eigenvalue weighted by Crippen LogP contribution is 2.47. The van der Waals surface area contributed by atoms with Gasteiger partial charge in [-0.3, -0.25) is 33.6 Å². The van der Waals surface area contributed by atoms with E-state index in [1.165, 1.54) is 6.07 Å². The van der Waals surface area contributed by atoms with Crippen molar-refractivity contribution in [3.8, 4) is 11.4 Å². The van der Waals surface area contributed by atoms with Crippen molar-refractivity contribution in [1.82, 2.24) is 41.5 Å². The van der Waals surface area contributed by atoms with Crippen molar-refractivity contribution in [3.63, 3.8) is 0 Å². The Balaban J connectivity index is 0.787. The van der Waals surface area contributed by atoms with Crippen LogP contribution >= 0.6 is 0 Å². The van der Waals surface area contributed by atoms with Crippen molar-refractivity contribution >= 4 is 52.3 Å². The van der Waals surface area contributed by atoms with Crippen molar-refractivity contribution in [2.24, 2.45) is 5.73 Å². The van der Waals surface area contributed by atoms with Crippen LogP contribution in [0.15, 0.2) is 47.3 Å². The summed E-state index contributed by atoms with van der Waals surface area (Å²) in [6, 6.07) is 9.31. The van der Waals surface area contributed by atoms with Gasteiger partial charge in [0.1, 0.15) is 55.7 Å². The Hall–Kier alpha value is -7.30. The second kappa shape index (κ2) is 25.4. The molecule has 5 heterocycles. The summed E-state index contributed by atoms with van der Waals surface area (Å²) < 4.78 is 33.4. The molecule has 13 N–H and O–H groups in total. The van der Waals surface area contributed by atoms with E-state index in [1.807, 2.05) is 0 Å². The number of aliphatic hydroxyl groups excluding tert-OH is 4. The molecule has 25 nitrogen and oxygen atoms in total. The average molecular weight is 1120 g/mol. The SMILES string of the molecule is CC[C@@]1(O)C(=O)OCc2c1cc1n(c2=O)Cc2c-1nc1cc(F)c(C)c3c1c2C(CCOCNC(=O)CNC(=O)[C@H](Cc1ccccc1)NC(=O)CNC(=O)CNC(=O)[C@@H](N)CCC(=O)NC[C@@H]1O[C@H](CO)[C@@H](O)[C@H](O)[C@H]1O)CC3. The highest BCUT2D eigenvalue weighted by atomic mass is 19.1. The minimum atomic E-state index is -2.02. The van der Waals surface area contributed by atoms with Gasteiger partial charge in [0, 0.05) is 48.6 Å². The summed E-state index contributed by atoms with van der Waals surface area (Å²) in [5.74, 6) is -5.59. The molecule has 430 valence electrons. The van der Waals surface area contributed by atoms with Crippen LogP contribution in [0.2, 0.25) is 0 Å². The fourth-order valence-corrected chi connectivity index (χ4v) is 10.6. The van der Waals surface area contributed by atoms with Crippen LogP contribution < -0.4 is 43.2 Å². The van der Waals surface area contributed by atoms with Crippen LogP contribution in [0.4, 0.5) is 4.39 Å². The predicted octanol–water partition coefficient (Wildman–Crippen LogP) is -2.82. The summed E-state index contributed by atoms with van der Waals surface area (Å²) in [5, 5.41) is 66.4. The Morgan fingerprint density at radius 3 is 2.31 bits per heavy atom. The maximum Gasteiger partial charge on any atom is 0.343 e. The van der Waals surface area contributed by atoms with Crippen molar-refractivity contribution < 1.29 is 77.7 Å². The van der Waals surface area contributed by atoms with E-state index in [0.29, 0.717) is 47.3 Å². The molecule has 3 aliphatic heterocycles. The summed E-state index contributed by atoms with van der Waals surface area (Å²) in [6.07, 6.45) is -5.75. The lowest BCUT2D eigenvalue weighted by molar-refractivity contribution is -0.227. The van der Waals surface area contributed by atoms with Crippen LogP contribution in [-0.2, 0) is 79.4 Å². The quantitative estimate of drug-likeness (QED) is 0.0178. The molecule has 0 radical (unpaired) electrons. The number of nitrogens with zero attached hydrogens (tertiary/aromatic N) is 2. The van der Waals surface area contributed by atoms with Gasteiger partial charge in [-0.2, -0.15) is 0 Å². The molecule has 0 saturated carbocycles. The van der Waals surface area contributed by atoms with Crippen LogP contribution in [0.25, 0.3) is 22.3 Å². The summed E-state index contributed by atoms with van der Waals surface area (Å²) in [5.41, 5.74) is 8.78. The number of carbonyl (C=O) groups is 7. The molecule has 8 rings (SSSR count). The molecule has 2 aromatic heterocycles. The number of aromatic nitrogens is 2. The normalized spacial score (nSPS) is 22.4. The first-order valence-corrected chi connectivity index (χ1v) is 26.4. The number of esters is 1. The van der Waals surface area contributed by atoms with E-state index in [4.69, 9.17) is 24.9 Å². The standard InChI is InChI=1S/C54H66FN9O16/c1-3-54(77)32-16-37-46-30(22-64(37)52(75)31(32)24-79-53(54)76)44-28(9-10-29-26(2)33(55)17-35(63-46)45(29)44)13-14-78-25-61-42(68)20-60-51(74)36(15-27-7-5-4-6-8-27)62-43(69)21-58-41(67)19-59-50(73)34(56)11-12-40(66)57-18-38-47(70)49(72)48(71)39(23-65)80-38/h4-8,16-17,28,34,36,38-39,47-49,65,70-72,77H,3,9-15,18-25,56H2,1-2H3,(H,57,66)(H,58,67)(H,59,73)(H,60,74)(H,61,68)(H,62,69)/t28?,34-,36-,38-,39+,47-,48+,49+,54-/m0/s1. The van der Waals surface area contributed by atoms with Crippen molar-refractivity contribution in [2.45, 2.75) is 126 Å². The molecule has 2 aromatic carbocycles. The number of amides is 6. The molecule has 0 spiro atoms. The number of hydrogen-bond donors (Lipinski definition) is 12. The lowest BCUT2D eigenvalue weighted by Crippen LogP contribution is -2.60. The smallest absolute Gasteiger partial charge is 0.343 e. The lowest BCUT2D eigenvalue weighted by atomic mass is 9.77. The third-order valence-corrected chi connectivity index (χ3v) is 15.2. The van der Waals surface area contributed by atoms with Crippen LogP contribution in [0.5, 0.6) is 0 Å². The zero-order chi connectivity index (χ0) is 57.6. The van der Waals surface area contributed by atoms with E-state index >= 15 is 4.39 Å². The number of aryl methyl sites for hydroxylation is 1. The first-order chi connectivity index (χ1) is 38.2. The number of halogens is 1. The van der Waals surface area contributed by atoms with Gasteiger partial charge in [0.05, 0.1) is 61.3 Å². The van der Waals surface area contributed by atoms with Gasteiger partial charge < -0.3 is 81.9 Å². The van der Waals surface area contributed by atoms with E-state index < -0.39 is 127 Å². The molecule has 4 aromatic rings. The lowest BCUT2D eigenvalue weighted by Gasteiger charge is -2.40. The number of ether oxygens (including phenoxy) is 3. The first kappa shape index (κ1) is 58.8. The number of cyclic esters (lactones) is 1. The fraction of sp³-hybridized carbons (Fsp3) is 0.500. The number of nitrogens with one attached hydrogen (secondary N) is 6. The van der Waals surface area contributed by atoms with Crippen LogP contribution in [-0.4, -0.2) is 165 Å². The molecule has 80 heavy (non-hydrogen) atoms. The van der Waals surface area contributed by atoms with Crippen LogP contribution in [0, 0.1) is 12.7 Å². The number of aliphatic hydroxyl groups is 5. The molecule has 1 fully saturated rings. The molecule has 0 bridgehead atoms. The highest BCUT2D eigenvalue weighted by Gasteiger charge is 2.46. The number of carbonyl (C=O) groups excluding carboxylic acids is 7. The van der Waals surface area contributed by atoms with Crippen molar-refractivity contribution in [1.29, 1.82) is 0 Å². The Morgan fingerprint density at radius 2 is 1.59 bits per heavy atom. The zero-order valence-electron chi connectivity index (χ0n) is 44.1. The third kappa shape index (κ3) is 12.7. The average Bonchev–Trinajstić information content (AvgIpc) is 3.83. The van der Waals surface area contributed by atoms with Gasteiger partial charge in [0.15, 0.2) is 5.60 Å². The molecule has 6 amide bonds. The zero-order valence-corrected chi connectivity index (χ0v) is 44.1. The highest BCUT2D eigenvalue weighted by molar-refractivity contribution is 5.95. The Bertz CT molecular complexity index is 3110. The monoisotopic (exact) mass is 1120 g/mol. The third-order valence-electron chi connectivity index (χ3n) is 15.2. The second-order valence-corrected chi connectivity index (χ2v) is 20.3. The van der Waals surface area contributed by atoms with Gasteiger partial charge in [-0.05, 0) is 73.3 Å². The van der Waals surface area contributed by atoms with E-state index in [9.17, 15) is 63.9 Å². The molecule has 9 atom stereocenters. The van der Waals surface area contributed by atoms with Gasteiger partial charge in [-0.15, -0.1) is 0 Å². The fourth-order valence-electron chi connectivity index (χ4n) is 10.6. The summed E-state index contributed by atoms with van der Waals surface area (Å²) in [4.78, 5) is 109. The minimum Gasteiger partial charge on any atom is -0.458 e. The number of pyridine rings is 2. The van der Waals surface area contributed by atoms with E-state index in [1.54, 1.807) is 54.8 Å². The molecule has 4 aliphatic rings. The van der Waals surface area contributed by atoms with Crippen LogP contribution in [0.1, 0.15) is 83.9 Å². The number of benzene rings is 2. The number of fused-ring (bicyclic) bond motifs is 5. The molecule has 1 saturated heterocycles.